The van der Waals surface area contributed by atoms with Crippen molar-refractivity contribution in [3.05, 3.63) is 29.8 Å². The Balaban J connectivity index is 1.87. The molecule has 1 aliphatic rings. The Labute approximate surface area is 127 Å². The van der Waals surface area contributed by atoms with Crippen molar-refractivity contribution >= 4 is 11.8 Å². The van der Waals surface area contributed by atoms with Crippen LogP contribution in [-0.2, 0) is 0 Å². The zero-order chi connectivity index (χ0) is 14.5. The van der Waals surface area contributed by atoms with E-state index in [4.69, 9.17) is 0 Å². The van der Waals surface area contributed by atoms with Gasteiger partial charge in [0.05, 0.1) is 6.10 Å². The lowest BCUT2D eigenvalue weighted by molar-refractivity contribution is 0.114. The summed E-state index contributed by atoms with van der Waals surface area (Å²) in [5.74, 6) is 0. The fraction of sp³-hybridized carbons (Fsp3) is 0.647. The van der Waals surface area contributed by atoms with Crippen LogP contribution in [0.5, 0.6) is 0 Å². The fourth-order valence-electron chi connectivity index (χ4n) is 2.80. The van der Waals surface area contributed by atoms with Crippen molar-refractivity contribution in [2.45, 2.75) is 74.8 Å². The van der Waals surface area contributed by atoms with E-state index in [9.17, 15) is 5.11 Å². The highest BCUT2D eigenvalue weighted by Crippen LogP contribution is 2.26. The molecule has 0 saturated heterocycles. The first kappa shape index (κ1) is 15.9. The minimum Gasteiger partial charge on any atom is -0.393 e. The fourth-order valence-corrected chi connectivity index (χ4v) is 3.64. The SMILES string of the molecule is CC(C)Sc1ccc(C(C)NC2CCC(O)CC2)cc1. The molecule has 112 valence electrons. The highest BCUT2D eigenvalue weighted by Gasteiger charge is 2.20. The maximum absolute atomic E-state index is 9.55. The molecule has 1 fully saturated rings. The Hall–Kier alpha value is -0.510. The number of hydrogen-bond acceptors (Lipinski definition) is 3. The predicted molar refractivity (Wildman–Crippen MR) is 87.2 cm³/mol. The number of nitrogens with one attached hydrogen (secondary N) is 1. The molecule has 0 amide bonds. The minimum atomic E-state index is -0.0734. The molecule has 20 heavy (non-hydrogen) atoms. The van der Waals surface area contributed by atoms with E-state index in [1.54, 1.807) is 0 Å². The van der Waals surface area contributed by atoms with Gasteiger partial charge < -0.3 is 10.4 Å². The summed E-state index contributed by atoms with van der Waals surface area (Å²) in [4.78, 5) is 1.34. The van der Waals surface area contributed by atoms with Crippen LogP contribution in [0.25, 0.3) is 0 Å². The molecule has 2 N–H and O–H groups in total. The molecule has 1 aromatic rings. The van der Waals surface area contributed by atoms with Gasteiger partial charge in [-0.25, -0.2) is 0 Å². The van der Waals surface area contributed by atoms with Crippen LogP contribution in [0.1, 0.15) is 58.1 Å². The van der Waals surface area contributed by atoms with Crippen molar-refractivity contribution in [1.82, 2.24) is 5.32 Å². The third kappa shape index (κ3) is 4.80. The molecule has 0 heterocycles. The van der Waals surface area contributed by atoms with Crippen molar-refractivity contribution in [3.63, 3.8) is 0 Å². The lowest BCUT2D eigenvalue weighted by atomic mass is 9.92. The average molecular weight is 293 g/mol. The number of aliphatic hydroxyl groups excluding tert-OH is 1. The summed E-state index contributed by atoms with van der Waals surface area (Å²) in [5.41, 5.74) is 1.35. The van der Waals surface area contributed by atoms with Gasteiger partial charge in [0, 0.05) is 22.2 Å². The van der Waals surface area contributed by atoms with E-state index in [0.717, 1.165) is 25.7 Å². The van der Waals surface area contributed by atoms with Crippen LogP contribution in [-0.4, -0.2) is 22.5 Å². The van der Waals surface area contributed by atoms with E-state index >= 15 is 0 Å². The Morgan fingerprint density at radius 3 is 2.20 bits per heavy atom. The van der Waals surface area contributed by atoms with Crippen LogP contribution in [0.2, 0.25) is 0 Å². The quantitative estimate of drug-likeness (QED) is 0.800. The Bertz CT molecular complexity index is 396. The molecule has 0 radical (unpaired) electrons. The lowest BCUT2D eigenvalue weighted by Gasteiger charge is -2.29. The van der Waals surface area contributed by atoms with Crippen LogP contribution >= 0.6 is 11.8 Å². The molecule has 0 bridgehead atoms. The summed E-state index contributed by atoms with van der Waals surface area (Å²) in [7, 11) is 0. The molecular formula is C17H27NOS. The molecule has 1 aliphatic carbocycles. The third-order valence-corrected chi connectivity index (χ3v) is 4.95. The maximum atomic E-state index is 9.55. The summed E-state index contributed by atoms with van der Waals surface area (Å²) in [6, 6.07) is 9.86. The monoisotopic (exact) mass is 293 g/mol. The smallest absolute Gasteiger partial charge is 0.0541 e. The Kier molecular flexibility index (Phi) is 5.94. The van der Waals surface area contributed by atoms with Crippen molar-refractivity contribution in [3.8, 4) is 0 Å². The predicted octanol–water partition coefficient (Wildman–Crippen LogP) is 4.14. The first-order chi connectivity index (χ1) is 9.54. The molecule has 0 aliphatic heterocycles. The first-order valence-electron chi connectivity index (χ1n) is 7.75. The molecule has 0 aromatic heterocycles. The van der Waals surface area contributed by atoms with Gasteiger partial charge in [0.15, 0.2) is 0 Å². The molecular weight excluding hydrogens is 266 g/mol. The Morgan fingerprint density at radius 2 is 1.65 bits per heavy atom. The van der Waals surface area contributed by atoms with Crippen LogP contribution in [0, 0.1) is 0 Å². The average Bonchev–Trinajstić information content (AvgIpc) is 2.41. The van der Waals surface area contributed by atoms with Gasteiger partial charge in [-0.1, -0.05) is 26.0 Å². The standard InChI is InChI=1S/C17H27NOS/c1-12(2)20-17-10-4-14(5-11-17)13(3)18-15-6-8-16(19)9-7-15/h4-5,10-13,15-16,18-19H,6-9H2,1-3H3. The molecule has 3 heteroatoms. The number of benzene rings is 1. The normalized spacial score (nSPS) is 24.9. The van der Waals surface area contributed by atoms with E-state index in [1.165, 1.54) is 10.5 Å². The van der Waals surface area contributed by atoms with Crippen LogP contribution < -0.4 is 5.32 Å². The molecule has 2 nitrogen and oxygen atoms in total. The third-order valence-electron chi connectivity index (χ3n) is 3.93. The molecule has 1 aromatic carbocycles. The van der Waals surface area contributed by atoms with Crippen molar-refractivity contribution < 1.29 is 5.11 Å². The second kappa shape index (κ2) is 7.48. The summed E-state index contributed by atoms with van der Waals surface area (Å²) in [5, 5.41) is 13.9. The van der Waals surface area contributed by atoms with Gasteiger partial charge in [-0.2, -0.15) is 0 Å². The van der Waals surface area contributed by atoms with Gasteiger partial charge >= 0.3 is 0 Å². The van der Waals surface area contributed by atoms with Crippen LogP contribution in [0.3, 0.4) is 0 Å². The largest absolute Gasteiger partial charge is 0.393 e. The van der Waals surface area contributed by atoms with E-state index in [2.05, 4.69) is 50.4 Å². The highest BCUT2D eigenvalue weighted by atomic mass is 32.2. The van der Waals surface area contributed by atoms with Crippen molar-refractivity contribution in [1.29, 1.82) is 0 Å². The topological polar surface area (TPSA) is 32.3 Å². The Morgan fingerprint density at radius 1 is 1.05 bits per heavy atom. The summed E-state index contributed by atoms with van der Waals surface area (Å²) < 4.78 is 0. The van der Waals surface area contributed by atoms with E-state index in [1.807, 2.05) is 11.8 Å². The number of hydrogen-bond donors (Lipinski definition) is 2. The number of rotatable bonds is 5. The molecule has 1 atom stereocenters. The summed E-state index contributed by atoms with van der Waals surface area (Å²) in [6.45, 7) is 6.68. The first-order valence-corrected chi connectivity index (χ1v) is 8.63. The van der Waals surface area contributed by atoms with Gasteiger partial charge in [0.25, 0.3) is 0 Å². The van der Waals surface area contributed by atoms with Gasteiger partial charge in [0.1, 0.15) is 0 Å². The lowest BCUT2D eigenvalue weighted by Crippen LogP contribution is -2.36. The van der Waals surface area contributed by atoms with Crippen LogP contribution in [0.15, 0.2) is 29.2 Å². The van der Waals surface area contributed by atoms with E-state index in [0.29, 0.717) is 17.3 Å². The maximum Gasteiger partial charge on any atom is 0.0541 e. The van der Waals surface area contributed by atoms with Gasteiger partial charge in [-0.3, -0.25) is 0 Å². The second-order valence-corrected chi connectivity index (χ2v) is 7.78. The minimum absolute atomic E-state index is 0.0734. The van der Waals surface area contributed by atoms with Crippen molar-refractivity contribution in [2.75, 3.05) is 0 Å². The molecule has 2 rings (SSSR count). The van der Waals surface area contributed by atoms with E-state index < -0.39 is 0 Å². The molecule has 1 saturated carbocycles. The molecule has 1 unspecified atom stereocenters. The number of aliphatic hydroxyl groups is 1. The van der Waals surface area contributed by atoms with Gasteiger partial charge in [-0.05, 0) is 50.3 Å². The zero-order valence-corrected chi connectivity index (χ0v) is 13.6. The second-order valence-electron chi connectivity index (χ2n) is 6.13. The molecule has 0 spiro atoms. The van der Waals surface area contributed by atoms with Crippen molar-refractivity contribution in [2.24, 2.45) is 0 Å². The summed E-state index contributed by atoms with van der Waals surface area (Å²) >= 11 is 1.91. The van der Waals surface area contributed by atoms with E-state index in [-0.39, 0.29) is 6.10 Å². The van der Waals surface area contributed by atoms with Crippen LogP contribution in [0.4, 0.5) is 0 Å². The summed E-state index contributed by atoms with van der Waals surface area (Å²) in [6.07, 6.45) is 3.98. The van der Waals surface area contributed by atoms with Gasteiger partial charge in [-0.15, -0.1) is 11.8 Å². The van der Waals surface area contributed by atoms with Gasteiger partial charge in [0.2, 0.25) is 0 Å². The number of thioether (sulfide) groups is 1. The zero-order valence-electron chi connectivity index (χ0n) is 12.8. The highest BCUT2D eigenvalue weighted by molar-refractivity contribution is 7.99.